The van der Waals surface area contributed by atoms with Gasteiger partial charge in [-0.15, -0.1) is 0 Å². The number of H-pyrrole nitrogens is 1. The zero-order valence-electron chi connectivity index (χ0n) is 15.5. The number of fused-ring (bicyclic) bond motifs is 1. The maximum Gasteiger partial charge on any atom is 0.276 e. The smallest absolute Gasteiger partial charge is 0.276 e. The zero-order valence-corrected chi connectivity index (χ0v) is 15.5. The number of anilines is 2. The Labute approximate surface area is 166 Å². The van der Waals surface area contributed by atoms with Crippen molar-refractivity contribution in [1.82, 2.24) is 35.0 Å². The Morgan fingerprint density at radius 3 is 2.79 bits per heavy atom. The van der Waals surface area contributed by atoms with Gasteiger partial charge in [0.15, 0.2) is 5.69 Å². The lowest BCUT2D eigenvalue weighted by atomic mass is 10.2. The molecule has 0 saturated carbocycles. The first-order valence-corrected chi connectivity index (χ1v) is 9.33. The third-order valence-electron chi connectivity index (χ3n) is 4.85. The summed E-state index contributed by atoms with van der Waals surface area (Å²) in [7, 11) is 0. The second-order valence-electron chi connectivity index (χ2n) is 6.73. The fourth-order valence-corrected chi connectivity index (χ4v) is 3.36. The number of imidazole rings is 1. The molecular weight excluding hydrogens is 370 g/mol. The highest BCUT2D eigenvalue weighted by atomic mass is 16.1. The van der Waals surface area contributed by atoms with Gasteiger partial charge < -0.3 is 15.5 Å². The van der Waals surface area contributed by atoms with Gasteiger partial charge in [-0.3, -0.25) is 14.5 Å². The van der Waals surface area contributed by atoms with E-state index in [4.69, 9.17) is 0 Å². The SMILES string of the molecule is O=C(Nc1ccc(N2CCNCC2)nc1)c1nc(-n2ccnc2)cc2cn[nH]c12. The first kappa shape index (κ1) is 17.3. The highest BCUT2D eigenvalue weighted by molar-refractivity contribution is 6.10. The summed E-state index contributed by atoms with van der Waals surface area (Å²) in [5, 5.41) is 13.9. The Morgan fingerprint density at radius 2 is 2.03 bits per heavy atom. The number of carbonyl (C=O) groups excluding carboxylic acids is 1. The van der Waals surface area contributed by atoms with E-state index < -0.39 is 0 Å². The summed E-state index contributed by atoms with van der Waals surface area (Å²) in [6, 6.07) is 5.62. The van der Waals surface area contributed by atoms with Crippen molar-refractivity contribution < 1.29 is 4.79 Å². The van der Waals surface area contributed by atoms with Crippen LogP contribution in [0.2, 0.25) is 0 Å². The minimum Gasteiger partial charge on any atom is -0.354 e. The van der Waals surface area contributed by atoms with Gasteiger partial charge in [-0.05, 0) is 18.2 Å². The van der Waals surface area contributed by atoms with Crippen LogP contribution < -0.4 is 15.5 Å². The van der Waals surface area contributed by atoms with Gasteiger partial charge in [-0.2, -0.15) is 5.10 Å². The average Bonchev–Trinajstić information content (AvgIpc) is 3.46. The third kappa shape index (κ3) is 3.41. The number of pyridine rings is 2. The van der Waals surface area contributed by atoms with Crippen LogP contribution in [0.4, 0.5) is 11.5 Å². The van der Waals surface area contributed by atoms with Crippen LogP contribution in [0.5, 0.6) is 0 Å². The summed E-state index contributed by atoms with van der Waals surface area (Å²) in [6.45, 7) is 3.72. The quantitative estimate of drug-likeness (QED) is 0.480. The largest absolute Gasteiger partial charge is 0.354 e. The fourth-order valence-electron chi connectivity index (χ4n) is 3.36. The molecule has 0 radical (unpaired) electrons. The van der Waals surface area contributed by atoms with E-state index in [-0.39, 0.29) is 11.6 Å². The van der Waals surface area contributed by atoms with Crippen LogP contribution in [-0.4, -0.2) is 61.8 Å². The van der Waals surface area contributed by atoms with Crippen LogP contribution in [0.25, 0.3) is 16.7 Å². The van der Waals surface area contributed by atoms with E-state index in [0.29, 0.717) is 17.0 Å². The highest BCUT2D eigenvalue weighted by Gasteiger charge is 2.17. The second kappa shape index (κ2) is 7.32. The molecule has 146 valence electrons. The standard InChI is InChI=1S/C19H19N9O/c29-19(24-14-1-2-15(22-11-14)27-6-3-20-4-7-27)18-17-13(10-23-26-17)9-16(25-18)28-8-5-21-12-28/h1-2,5,8-12,20H,3-4,6-7H2,(H,23,26)(H,24,29). The van der Waals surface area contributed by atoms with Crippen molar-refractivity contribution in [3.63, 3.8) is 0 Å². The van der Waals surface area contributed by atoms with E-state index in [0.717, 1.165) is 37.4 Å². The Bertz CT molecular complexity index is 1130. The number of piperazine rings is 1. The number of aromatic amines is 1. The number of hydrogen-bond acceptors (Lipinski definition) is 7. The molecule has 1 aliphatic rings. The lowest BCUT2D eigenvalue weighted by Gasteiger charge is -2.28. The Kier molecular flexibility index (Phi) is 4.37. The average molecular weight is 389 g/mol. The minimum absolute atomic E-state index is 0.259. The lowest BCUT2D eigenvalue weighted by molar-refractivity contribution is 0.102. The third-order valence-corrected chi connectivity index (χ3v) is 4.85. The molecule has 0 spiro atoms. The molecule has 4 aromatic heterocycles. The van der Waals surface area contributed by atoms with Gasteiger partial charge in [0.1, 0.15) is 18.0 Å². The van der Waals surface area contributed by atoms with Crippen LogP contribution >= 0.6 is 0 Å². The topological polar surface area (TPSA) is 117 Å². The second-order valence-corrected chi connectivity index (χ2v) is 6.73. The molecule has 3 N–H and O–H groups in total. The molecule has 4 aromatic rings. The fraction of sp³-hybridized carbons (Fsp3) is 0.211. The highest BCUT2D eigenvalue weighted by Crippen LogP contribution is 2.20. The molecule has 0 unspecified atom stereocenters. The Morgan fingerprint density at radius 1 is 1.14 bits per heavy atom. The summed E-state index contributed by atoms with van der Waals surface area (Å²) >= 11 is 0. The van der Waals surface area contributed by atoms with Crippen molar-refractivity contribution in [2.45, 2.75) is 0 Å². The molecular formula is C19H19N9O. The first-order valence-electron chi connectivity index (χ1n) is 9.33. The van der Waals surface area contributed by atoms with E-state index in [2.05, 4.69) is 40.7 Å². The van der Waals surface area contributed by atoms with E-state index in [9.17, 15) is 4.79 Å². The molecule has 29 heavy (non-hydrogen) atoms. The summed E-state index contributed by atoms with van der Waals surface area (Å²) < 4.78 is 1.74. The summed E-state index contributed by atoms with van der Waals surface area (Å²) in [5.74, 6) is 1.16. The van der Waals surface area contributed by atoms with Crippen molar-refractivity contribution in [3.05, 3.63) is 55.0 Å². The molecule has 0 aliphatic carbocycles. The van der Waals surface area contributed by atoms with Crippen LogP contribution in [0.15, 0.2) is 49.3 Å². The molecule has 0 aromatic carbocycles. The molecule has 1 saturated heterocycles. The molecule has 0 bridgehead atoms. The van der Waals surface area contributed by atoms with E-state index in [1.165, 1.54) is 0 Å². The van der Waals surface area contributed by atoms with Gasteiger partial charge in [0.05, 0.1) is 23.6 Å². The molecule has 1 fully saturated rings. The van der Waals surface area contributed by atoms with Crippen LogP contribution in [0, 0.1) is 0 Å². The number of hydrogen-bond donors (Lipinski definition) is 3. The number of carbonyl (C=O) groups is 1. The first-order chi connectivity index (χ1) is 14.3. The van der Waals surface area contributed by atoms with Crippen LogP contribution in [0.1, 0.15) is 10.5 Å². The molecule has 5 rings (SSSR count). The Hall–Kier alpha value is -3.79. The monoisotopic (exact) mass is 389 g/mol. The molecule has 0 atom stereocenters. The van der Waals surface area contributed by atoms with Gasteiger partial charge in [0, 0.05) is 44.0 Å². The van der Waals surface area contributed by atoms with Crippen molar-refractivity contribution in [2.24, 2.45) is 0 Å². The lowest BCUT2D eigenvalue weighted by Crippen LogP contribution is -2.43. The molecule has 10 nitrogen and oxygen atoms in total. The predicted molar refractivity (Wildman–Crippen MR) is 108 cm³/mol. The van der Waals surface area contributed by atoms with E-state index in [1.54, 1.807) is 35.7 Å². The summed E-state index contributed by atoms with van der Waals surface area (Å²) in [6.07, 6.45) is 8.40. The number of nitrogens with zero attached hydrogens (tertiary/aromatic N) is 6. The molecule has 10 heteroatoms. The van der Waals surface area contributed by atoms with E-state index in [1.807, 2.05) is 18.2 Å². The molecule has 1 aliphatic heterocycles. The van der Waals surface area contributed by atoms with Gasteiger partial charge in [-0.25, -0.2) is 15.0 Å². The maximum atomic E-state index is 12.9. The van der Waals surface area contributed by atoms with Gasteiger partial charge >= 0.3 is 0 Å². The van der Waals surface area contributed by atoms with Crippen LogP contribution in [0.3, 0.4) is 0 Å². The van der Waals surface area contributed by atoms with E-state index >= 15 is 0 Å². The normalized spacial score (nSPS) is 14.3. The minimum atomic E-state index is -0.335. The summed E-state index contributed by atoms with van der Waals surface area (Å²) in [5.41, 5.74) is 1.45. The van der Waals surface area contributed by atoms with Gasteiger partial charge in [0.2, 0.25) is 0 Å². The zero-order chi connectivity index (χ0) is 19.6. The predicted octanol–water partition coefficient (Wildman–Crippen LogP) is 1.20. The number of rotatable bonds is 4. The van der Waals surface area contributed by atoms with Crippen molar-refractivity contribution >= 4 is 28.3 Å². The van der Waals surface area contributed by atoms with Crippen molar-refractivity contribution in [1.29, 1.82) is 0 Å². The van der Waals surface area contributed by atoms with Gasteiger partial charge in [0.25, 0.3) is 5.91 Å². The molecule has 1 amide bonds. The van der Waals surface area contributed by atoms with Crippen LogP contribution in [-0.2, 0) is 0 Å². The number of aromatic nitrogens is 6. The van der Waals surface area contributed by atoms with Crippen molar-refractivity contribution in [2.75, 3.05) is 36.4 Å². The summed E-state index contributed by atoms with van der Waals surface area (Å²) in [4.78, 5) is 28.2. The van der Waals surface area contributed by atoms with Gasteiger partial charge in [-0.1, -0.05) is 0 Å². The molecule has 5 heterocycles. The maximum absolute atomic E-state index is 12.9. The number of nitrogens with one attached hydrogen (secondary N) is 3. The number of amides is 1. The Balaban J connectivity index is 1.40. The van der Waals surface area contributed by atoms with Crippen molar-refractivity contribution in [3.8, 4) is 5.82 Å².